The Morgan fingerprint density at radius 2 is 1.64 bits per heavy atom. The Labute approximate surface area is 197 Å². The molecule has 1 aromatic heterocycles. The monoisotopic (exact) mass is 445 g/mol. The first kappa shape index (κ1) is 23.2. The summed E-state index contributed by atoms with van der Waals surface area (Å²) in [6.07, 6.45) is 8.82. The first-order valence-corrected chi connectivity index (χ1v) is 11.9. The Kier molecular flexibility index (Phi) is 8.28. The lowest BCUT2D eigenvalue weighted by molar-refractivity contribution is 0.148. The molecule has 1 aliphatic carbocycles. The van der Waals surface area contributed by atoms with E-state index in [4.69, 9.17) is 14.7 Å². The van der Waals surface area contributed by atoms with Crippen LogP contribution in [-0.2, 0) is 11.3 Å². The highest BCUT2D eigenvalue weighted by molar-refractivity contribution is 5.90. The molecule has 0 bridgehead atoms. The van der Waals surface area contributed by atoms with Crippen molar-refractivity contribution in [3.63, 3.8) is 0 Å². The average Bonchev–Trinajstić information content (AvgIpc) is 2.84. The first-order valence-electron chi connectivity index (χ1n) is 11.9. The van der Waals surface area contributed by atoms with Gasteiger partial charge in [-0.05, 0) is 43.4 Å². The molecule has 0 radical (unpaired) electrons. The third kappa shape index (κ3) is 6.76. The van der Waals surface area contributed by atoms with Gasteiger partial charge in [0.15, 0.2) is 0 Å². The SMILES string of the molecule is CN(C)c1nc(NC2CCC(NC/C=C\COCc3ccccc3)CC2)nc2ccccc12. The van der Waals surface area contributed by atoms with Crippen molar-refractivity contribution in [1.82, 2.24) is 15.3 Å². The molecule has 0 amide bonds. The summed E-state index contributed by atoms with van der Waals surface area (Å²) in [4.78, 5) is 11.6. The van der Waals surface area contributed by atoms with Crippen LogP contribution >= 0.6 is 0 Å². The lowest BCUT2D eigenvalue weighted by Gasteiger charge is -2.29. The Morgan fingerprint density at radius 3 is 2.42 bits per heavy atom. The van der Waals surface area contributed by atoms with Crippen LogP contribution in [0.1, 0.15) is 31.2 Å². The predicted molar refractivity (Wildman–Crippen MR) is 137 cm³/mol. The Balaban J connectivity index is 1.17. The first-order chi connectivity index (χ1) is 16.2. The molecular weight excluding hydrogens is 410 g/mol. The average molecular weight is 446 g/mol. The molecule has 0 spiro atoms. The zero-order valence-corrected chi connectivity index (χ0v) is 19.7. The number of para-hydroxylation sites is 1. The quantitative estimate of drug-likeness (QED) is 0.346. The third-order valence-electron chi connectivity index (χ3n) is 6.08. The molecule has 33 heavy (non-hydrogen) atoms. The van der Waals surface area contributed by atoms with Crippen molar-refractivity contribution >= 4 is 22.7 Å². The maximum absolute atomic E-state index is 5.69. The highest BCUT2D eigenvalue weighted by Gasteiger charge is 2.21. The highest BCUT2D eigenvalue weighted by atomic mass is 16.5. The molecule has 2 aromatic carbocycles. The lowest BCUT2D eigenvalue weighted by Crippen LogP contribution is -2.37. The van der Waals surface area contributed by atoms with E-state index in [1.54, 1.807) is 0 Å². The Bertz CT molecular complexity index is 1030. The summed E-state index contributed by atoms with van der Waals surface area (Å²) in [7, 11) is 4.05. The van der Waals surface area contributed by atoms with Gasteiger partial charge < -0.3 is 20.3 Å². The minimum Gasteiger partial charge on any atom is -0.373 e. The molecule has 2 N–H and O–H groups in total. The van der Waals surface area contributed by atoms with Gasteiger partial charge >= 0.3 is 0 Å². The molecular formula is C27H35N5O. The number of nitrogens with one attached hydrogen (secondary N) is 2. The molecule has 3 aromatic rings. The van der Waals surface area contributed by atoms with Crippen LogP contribution in [0, 0.1) is 0 Å². The number of benzene rings is 2. The van der Waals surface area contributed by atoms with Crippen molar-refractivity contribution in [2.75, 3.05) is 37.5 Å². The van der Waals surface area contributed by atoms with Crippen molar-refractivity contribution in [3.8, 4) is 0 Å². The normalized spacial score (nSPS) is 18.6. The largest absolute Gasteiger partial charge is 0.373 e. The van der Waals surface area contributed by atoms with Gasteiger partial charge in [0.1, 0.15) is 5.82 Å². The van der Waals surface area contributed by atoms with Crippen LogP contribution in [0.25, 0.3) is 10.9 Å². The molecule has 0 saturated heterocycles. The molecule has 0 aliphatic heterocycles. The molecule has 6 nitrogen and oxygen atoms in total. The van der Waals surface area contributed by atoms with Gasteiger partial charge in [0, 0.05) is 38.1 Å². The zero-order chi connectivity index (χ0) is 22.9. The molecule has 1 fully saturated rings. The van der Waals surface area contributed by atoms with Crippen LogP contribution in [-0.4, -0.2) is 49.3 Å². The fourth-order valence-electron chi connectivity index (χ4n) is 4.29. The number of nitrogens with zero attached hydrogens (tertiary/aromatic N) is 3. The number of fused-ring (bicyclic) bond motifs is 1. The number of hydrogen-bond acceptors (Lipinski definition) is 6. The highest BCUT2D eigenvalue weighted by Crippen LogP contribution is 2.26. The summed E-state index contributed by atoms with van der Waals surface area (Å²) in [6.45, 7) is 2.19. The van der Waals surface area contributed by atoms with E-state index in [2.05, 4.69) is 52.0 Å². The Hall–Kier alpha value is -2.96. The number of rotatable bonds is 10. The van der Waals surface area contributed by atoms with E-state index in [1.807, 2.05) is 44.4 Å². The topological polar surface area (TPSA) is 62.3 Å². The van der Waals surface area contributed by atoms with Crippen molar-refractivity contribution in [3.05, 3.63) is 72.3 Å². The van der Waals surface area contributed by atoms with E-state index in [0.717, 1.165) is 54.9 Å². The number of hydrogen-bond donors (Lipinski definition) is 2. The summed E-state index contributed by atoms with van der Waals surface area (Å²) in [5.41, 5.74) is 2.19. The van der Waals surface area contributed by atoms with E-state index in [1.165, 1.54) is 5.56 Å². The van der Waals surface area contributed by atoms with Gasteiger partial charge in [-0.1, -0.05) is 54.6 Å². The molecule has 0 atom stereocenters. The van der Waals surface area contributed by atoms with Crippen molar-refractivity contribution in [2.24, 2.45) is 0 Å². The van der Waals surface area contributed by atoms with Gasteiger partial charge in [-0.25, -0.2) is 4.98 Å². The molecule has 174 valence electrons. The second kappa shape index (κ2) is 11.8. The van der Waals surface area contributed by atoms with Crippen molar-refractivity contribution in [2.45, 2.75) is 44.4 Å². The van der Waals surface area contributed by atoms with Crippen LogP contribution in [0.4, 0.5) is 11.8 Å². The molecule has 0 unspecified atom stereocenters. The van der Waals surface area contributed by atoms with Crippen LogP contribution in [0.2, 0.25) is 0 Å². The number of aromatic nitrogens is 2. The second-order valence-electron chi connectivity index (χ2n) is 8.86. The van der Waals surface area contributed by atoms with Crippen LogP contribution < -0.4 is 15.5 Å². The fraction of sp³-hybridized carbons (Fsp3) is 0.407. The maximum Gasteiger partial charge on any atom is 0.225 e. The predicted octanol–water partition coefficient (Wildman–Crippen LogP) is 4.78. The molecule has 1 heterocycles. The minimum atomic E-state index is 0.418. The van der Waals surface area contributed by atoms with Crippen LogP contribution in [0.5, 0.6) is 0 Å². The number of ether oxygens (including phenoxy) is 1. The van der Waals surface area contributed by atoms with Gasteiger partial charge in [0.05, 0.1) is 18.7 Å². The summed E-state index contributed by atoms with van der Waals surface area (Å²) in [5.74, 6) is 1.69. The van der Waals surface area contributed by atoms with E-state index in [9.17, 15) is 0 Å². The standard InChI is InChI=1S/C27H35N5O/c1-32(2)26-24-12-6-7-13-25(24)30-27(31-26)29-23-16-14-22(15-17-23)28-18-8-9-19-33-20-21-10-4-3-5-11-21/h3-13,22-23,28H,14-20H2,1-2H3,(H,29,30,31)/b9-8-. The molecule has 4 rings (SSSR count). The molecule has 1 aliphatic rings. The smallest absolute Gasteiger partial charge is 0.225 e. The molecule has 6 heteroatoms. The van der Waals surface area contributed by atoms with Crippen molar-refractivity contribution < 1.29 is 4.74 Å². The summed E-state index contributed by atoms with van der Waals surface area (Å²) < 4.78 is 5.69. The van der Waals surface area contributed by atoms with E-state index >= 15 is 0 Å². The van der Waals surface area contributed by atoms with Gasteiger partial charge in [-0.2, -0.15) is 4.98 Å². The van der Waals surface area contributed by atoms with Crippen LogP contribution in [0.3, 0.4) is 0 Å². The van der Waals surface area contributed by atoms with E-state index in [0.29, 0.717) is 25.3 Å². The molecule has 1 saturated carbocycles. The lowest BCUT2D eigenvalue weighted by atomic mass is 9.91. The van der Waals surface area contributed by atoms with Gasteiger partial charge in [0.2, 0.25) is 5.95 Å². The zero-order valence-electron chi connectivity index (χ0n) is 19.7. The minimum absolute atomic E-state index is 0.418. The Morgan fingerprint density at radius 1 is 0.909 bits per heavy atom. The summed E-state index contributed by atoms with van der Waals surface area (Å²) in [5, 5.41) is 8.32. The van der Waals surface area contributed by atoms with Gasteiger partial charge in [-0.15, -0.1) is 0 Å². The third-order valence-corrected chi connectivity index (χ3v) is 6.08. The summed E-state index contributed by atoms with van der Waals surface area (Å²) in [6, 6.07) is 19.5. The van der Waals surface area contributed by atoms with Gasteiger partial charge in [-0.3, -0.25) is 0 Å². The van der Waals surface area contributed by atoms with Gasteiger partial charge in [0.25, 0.3) is 0 Å². The van der Waals surface area contributed by atoms with Crippen molar-refractivity contribution in [1.29, 1.82) is 0 Å². The maximum atomic E-state index is 5.69. The van der Waals surface area contributed by atoms with Crippen LogP contribution in [0.15, 0.2) is 66.7 Å². The van der Waals surface area contributed by atoms with E-state index in [-0.39, 0.29) is 0 Å². The van der Waals surface area contributed by atoms with E-state index < -0.39 is 0 Å². The summed E-state index contributed by atoms with van der Waals surface area (Å²) >= 11 is 0. The second-order valence-corrected chi connectivity index (χ2v) is 8.86. The number of anilines is 2. The fourth-order valence-corrected chi connectivity index (χ4v) is 4.29.